The first-order chi connectivity index (χ1) is 39.1. The quantitative estimate of drug-likeness (QED) is 0.0209. The number of rotatable bonds is 57. The molecule has 0 aromatic heterocycles. The molecule has 0 saturated carbocycles. The fourth-order valence-corrected chi connectivity index (χ4v) is 6.22. The Hall–Kier alpha value is -6.06. The first-order valence-corrected chi connectivity index (χ1v) is 26.2. The summed E-state index contributed by atoms with van der Waals surface area (Å²) >= 11 is 0. The van der Waals surface area contributed by atoms with Crippen LogP contribution in [-0.2, 0) is 95.2 Å². The van der Waals surface area contributed by atoms with Crippen LogP contribution in [0.4, 0.5) is 0 Å². The van der Waals surface area contributed by atoms with Gasteiger partial charge in [0.25, 0.3) is 11.8 Å². The van der Waals surface area contributed by atoms with E-state index >= 15 is 0 Å². The number of ether oxygens (including phenoxy) is 12. The average Bonchev–Trinajstić information content (AvgIpc) is 3.78. The number of azide groups is 3. The Balaban J connectivity index is 2.82. The highest BCUT2D eigenvalue weighted by molar-refractivity contribution is 6.01. The highest BCUT2D eigenvalue weighted by Gasteiger charge is 2.35. The molecule has 0 spiro atoms. The predicted molar refractivity (Wildman–Crippen MR) is 277 cm³/mol. The fraction of sp³-hybridized carbons (Fsp3) is 0.848. The summed E-state index contributed by atoms with van der Waals surface area (Å²) in [6.07, 6.45) is -1.02. The van der Waals surface area contributed by atoms with E-state index in [0.717, 1.165) is 0 Å². The van der Waals surface area contributed by atoms with Gasteiger partial charge in [-0.3, -0.25) is 28.8 Å². The van der Waals surface area contributed by atoms with Crippen LogP contribution in [0.25, 0.3) is 31.3 Å². The van der Waals surface area contributed by atoms with E-state index in [-0.39, 0.29) is 207 Å². The van der Waals surface area contributed by atoms with Crippen molar-refractivity contribution in [3.8, 4) is 0 Å². The van der Waals surface area contributed by atoms with Crippen molar-refractivity contribution >= 4 is 41.4 Å². The Labute approximate surface area is 463 Å². The molecule has 6 amide bonds. The lowest BCUT2D eigenvalue weighted by atomic mass is 10.0. The SMILES string of the molecule is [N-]=[N+]=NCCOCCOCCOCCNC(=O)CCOCC(COCCC(=O)NCCOCCOCCOCCN=[N+]=[N-])(COCCC(=O)NCCOCCOCCOCCN=[N+]=[N-])NC(=O)CCCC(=O)ON1C(=O)CCC1=O. The van der Waals surface area contributed by atoms with Crippen molar-refractivity contribution in [2.45, 2.75) is 56.9 Å². The largest absolute Gasteiger partial charge is 0.379 e. The molecule has 0 atom stereocenters. The molecule has 0 unspecified atom stereocenters. The standard InChI is InChI=1S/C46H80N14O20/c47-57-53-12-21-71-27-33-74-30-24-68-18-9-50-39(61)6-15-77-36-46(56-42(64)2-1-3-45(67)80-60-43(65)4-5-44(60)66,37-78-16-7-40(62)51-10-19-69-25-31-75-34-28-72-22-13-54-58-48)38-79-17-8-41(63)52-11-20-70-26-32-76-35-29-73-23-14-55-59-49/h1-38H2,(H,50,61)(H,51,62)(H,52,63)(H,56,64). The summed E-state index contributed by atoms with van der Waals surface area (Å²) in [6.45, 7) is 5.32. The van der Waals surface area contributed by atoms with Crippen LogP contribution in [0.1, 0.15) is 51.4 Å². The Kier molecular flexibility index (Phi) is 47.1. The first-order valence-electron chi connectivity index (χ1n) is 26.2. The zero-order chi connectivity index (χ0) is 58.3. The summed E-state index contributed by atoms with van der Waals surface area (Å²) in [7, 11) is 0. The van der Waals surface area contributed by atoms with Gasteiger partial charge in [-0.15, -0.1) is 5.06 Å². The van der Waals surface area contributed by atoms with Crippen LogP contribution in [0, 0.1) is 0 Å². The second kappa shape index (κ2) is 52.3. The average molecular weight is 1150 g/mol. The van der Waals surface area contributed by atoms with E-state index < -0.39 is 29.2 Å². The van der Waals surface area contributed by atoms with Crippen molar-refractivity contribution < 1.29 is 95.2 Å². The van der Waals surface area contributed by atoms with Gasteiger partial charge in [0.15, 0.2) is 0 Å². The maximum atomic E-state index is 13.6. The molecule has 1 rings (SSSR count). The molecule has 1 aliphatic heterocycles. The number of hydrogen-bond donors (Lipinski definition) is 4. The molecule has 0 aromatic carbocycles. The van der Waals surface area contributed by atoms with Gasteiger partial charge in [-0.05, 0) is 23.0 Å². The normalized spacial score (nSPS) is 12.7. The van der Waals surface area contributed by atoms with Gasteiger partial charge in [0, 0.05) is 98.9 Å². The third-order valence-corrected chi connectivity index (χ3v) is 10.1. The van der Waals surface area contributed by atoms with Crippen molar-refractivity contribution in [1.29, 1.82) is 0 Å². The van der Waals surface area contributed by atoms with Crippen LogP contribution in [0.2, 0.25) is 0 Å². The van der Waals surface area contributed by atoms with Crippen molar-refractivity contribution in [2.75, 3.05) is 198 Å². The maximum Gasteiger partial charge on any atom is 0.333 e. The van der Waals surface area contributed by atoms with E-state index in [0.29, 0.717) is 64.5 Å². The van der Waals surface area contributed by atoms with Crippen molar-refractivity contribution in [3.63, 3.8) is 0 Å². The minimum absolute atomic E-state index is 0.0487. The van der Waals surface area contributed by atoms with Gasteiger partial charge in [-0.2, -0.15) is 0 Å². The monoisotopic (exact) mass is 1150 g/mol. The van der Waals surface area contributed by atoms with E-state index in [1.165, 1.54) is 0 Å². The van der Waals surface area contributed by atoms with Crippen molar-refractivity contribution in [2.24, 2.45) is 15.3 Å². The third-order valence-electron chi connectivity index (χ3n) is 10.1. The zero-order valence-corrected chi connectivity index (χ0v) is 45.5. The molecule has 0 bridgehead atoms. The van der Waals surface area contributed by atoms with E-state index in [1.54, 1.807) is 0 Å². The molecule has 0 radical (unpaired) electrons. The predicted octanol–water partition coefficient (Wildman–Crippen LogP) is 0.268. The summed E-state index contributed by atoms with van der Waals surface area (Å²) in [5, 5.41) is 21.6. The Morgan fingerprint density at radius 2 is 0.725 bits per heavy atom. The fourth-order valence-electron chi connectivity index (χ4n) is 6.22. The van der Waals surface area contributed by atoms with Crippen LogP contribution in [0.5, 0.6) is 0 Å². The number of hydrogen-bond acceptors (Lipinski definition) is 23. The zero-order valence-electron chi connectivity index (χ0n) is 45.5. The van der Waals surface area contributed by atoms with Crippen LogP contribution in [0.3, 0.4) is 0 Å². The van der Waals surface area contributed by atoms with Gasteiger partial charge in [-0.1, -0.05) is 15.3 Å². The second-order valence-corrected chi connectivity index (χ2v) is 16.6. The summed E-state index contributed by atoms with van der Waals surface area (Å²) < 4.78 is 66.2. The molecule has 34 heteroatoms. The van der Waals surface area contributed by atoms with Crippen molar-refractivity contribution in [3.05, 3.63) is 31.3 Å². The highest BCUT2D eigenvalue weighted by Crippen LogP contribution is 2.15. The van der Waals surface area contributed by atoms with E-state index in [9.17, 15) is 33.6 Å². The second-order valence-electron chi connectivity index (χ2n) is 16.6. The highest BCUT2D eigenvalue weighted by atomic mass is 16.7. The number of carbonyl (C=O) groups is 7. The van der Waals surface area contributed by atoms with Crippen LogP contribution in [0.15, 0.2) is 15.3 Å². The minimum atomic E-state index is -1.47. The van der Waals surface area contributed by atoms with Crippen LogP contribution < -0.4 is 21.3 Å². The lowest BCUT2D eigenvalue weighted by Crippen LogP contribution is -2.58. The lowest BCUT2D eigenvalue weighted by Gasteiger charge is -2.34. The maximum absolute atomic E-state index is 13.6. The molecule has 34 nitrogen and oxygen atoms in total. The van der Waals surface area contributed by atoms with E-state index in [4.69, 9.17) is 78.3 Å². The molecule has 0 aromatic rings. The molecule has 454 valence electrons. The lowest BCUT2D eigenvalue weighted by molar-refractivity contribution is -0.197. The number of imide groups is 1. The minimum Gasteiger partial charge on any atom is -0.379 e. The first kappa shape index (κ1) is 72.0. The van der Waals surface area contributed by atoms with Gasteiger partial charge in [0.05, 0.1) is 159 Å². The number of hydroxylamine groups is 2. The Morgan fingerprint density at radius 3 is 1.05 bits per heavy atom. The van der Waals surface area contributed by atoms with E-state index in [1.807, 2.05) is 0 Å². The molecule has 1 aliphatic rings. The summed E-state index contributed by atoms with van der Waals surface area (Å²) in [5.74, 6) is -3.84. The third kappa shape index (κ3) is 43.8. The Bertz CT molecular complexity index is 1710. The molecule has 1 saturated heterocycles. The Morgan fingerprint density at radius 1 is 0.412 bits per heavy atom. The molecular weight excluding hydrogens is 1070 g/mol. The van der Waals surface area contributed by atoms with Gasteiger partial charge in [0.1, 0.15) is 5.54 Å². The van der Waals surface area contributed by atoms with Gasteiger partial charge in [0.2, 0.25) is 23.6 Å². The molecular formula is C46H80N14O20. The molecule has 1 heterocycles. The molecule has 4 N–H and O–H groups in total. The molecule has 0 aliphatic carbocycles. The van der Waals surface area contributed by atoms with E-state index in [2.05, 4.69) is 51.3 Å². The summed E-state index contributed by atoms with van der Waals surface area (Å²) in [6, 6.07) is 0. The smallest absolute Gasteiger partial charge is 0.333 e. The topological polar surface area (TPSA) is 437 Å². The summed E-state index contributed by atoms with van der Waals surface area (Å²) in [4.78, 5) is 101. The van der Waals surface area contributed by atoms with Crippen LogP contribution in [-0.4, -0.2) is 250 Å². The number of nitrogens with zero attached hydrogens (tertiary/aromatic N) is 10. The van der Waals surface area contributed by atoms with Crippen molar-refractivity contribution in [1.82, 2.24) is 26.3 Å². The number of amides is 6. The number of carbonyl (C=O) groups excluding carboxylic acids is 7. The van der Waals surface area contributed by atoms with Gasteiger partial charge >= 0.3 is 5.97 Å². The van der Waals surface area contributed by atoms with Gasteiger partial charge < -0.3 is 82.9 Å². The number of nitrogens with one attached hydrogen (secondary N) is 4. The molecule has 1 fully saturated rings. The summed E-state index contributed by atoms with van der Waals surface area (Å²) in [5.41, 5.74) is 23.4. The van der Waals surface area contributed by atoms with Gasteiger partial charge in [-0.25, -0.2) is 4.79 Å². The molecule has 80 heavy (non-hydrogen) atoms. The van der Waals surface area contributed by atoms with Crippen LogP contribution >= 0.6 is 0 Å².